The molecule has 0 saturated heterocycles. The Morgan fingerprint density at radius 3 is 2.34 bits per heavy atom. The third-order valence-corrected chi connectivity index (χ3v) is 4.34. The van der Waals surface area contributed by atoms with E-state index in [1.165, 1.54) is 0 Å². The third-order valence-electron chi connectivity index (χ3n) is 4.34. The molecule has 0 saturated carbocycles. The van der Waals surface area contributed by atoms with E-state index in [4.69, 9.17) is 14.6 Å². The van der Waals surface area contributed by atoms with Crippen LogP contribution >= 0.6 is 0 Å². The number of nitrogens with one attached hydrogen (secondary N) is 2. The molecular weight excluding hydrogens is 372 g/mol. The van der Waals surface area contributed by atoms with Gasteiger partial charge < -0.3 is 24.9 Å². The van der Waals surface area contributed by atoms with Crippen molar-refractivity contribution in [2.45, 2.75) is 0 Å². The lowest BCUT2D eigenvalue weighted by Crippen LogP contribution is -2.34. The number of carbonyl (C=O) groups excluding carboxylic acids is 2. The largest absolute Gasteiger partial charge is 0.394 e. The number of fused-ring (bicyclic) bond motifs is 1. The van der Waals surface area contributed by atoms with Crippen LogP contribution in [0.5, 0.6) is 0 Å². The second-order valence-electron chi connectivity index (χ2n) is 6.32. The van der Waals surface area contributed by atoms with Gasteiger partial charge in [-0.2, -0.15) is 0 Å². The molecule has 3 aromatic rings. The number of carbonyl (C=O) groups is 2. The SMILES string of the molecule is O=C(NCCOCCOCCO)C(=O)c1c(-c2ccccc2)[nH]c2ccccc12. The number of aliphatic hydroxyl groups is 1. The number of amides is 1. The van der Waals surface area contributed by atoms with Crippen LogP contribution in [0.2, 0.25) is 0 Å². The first-order chi connectivity index (χ1) is 14.2. The summed E-state index contributed by atoms with van der Waals surface area (Å²) in [4.78, 5) is 28.7. The molecule has 1 amide bonds. The van der Waals surface area contributed by atoms with Gasteiger partial charge in [-0.25, -0.2) is 0 Å². The smallest absolute Gasteiger partial charge is 0.292 e. The molecule has 0 spiro atoms. The maximum atomic E-state index is 12.9. The van der Waals surface area contributed by atoms with Crippen molar-refractivity contribution in [2.75, 3.05) is 39.6 Å². The minimum atomic E-state index is -0.674. The second-order valence-corrected chi connectivity index (χ2v) is 6.32. The van der Waals surface area contributed by atoms with E-state index in [9.17, 15) is 9.59 Å². The lowest BCUT2D eigenvalue weighted by Gasteiger charge is -2.07. The van der Waals surface area contributed by atoms with Crippen LogP contribution in [0.25, 0.3) is 22.2 Å². The van der Waals surface area contributed by atoms with Crippen molar-refractivity contribution in [3.8, 4) is 11.3 Å². The molecule has 2 aromatic carbocycles. The molecule has 0 aliphatic carbocycles. The number of hydrogen-bond acceptors (Lipinski definition) is 5. The Balaban J connectivity index is 1.66. The van der Waals surface area contributed by atoms with E-state index in [1.54, 1.807) is 0 Å². The molecule has 0 aliphatic heterocycles. The van der Waals surface area contributed by atoms with Gasteiger partial charge in [0.15, 0.2) is 0 Å². The summed E-state index contributed by atoms with van der Waals surface area (Å²) in [6.07, 6.45) is 0. The molecule has 0 fully saturated rings. The zero-order valence-corrected chi connectivity index (χ0v) is 16.0. The van der Waals surface area contributed by atoms with Crippen molar-refractivity contribution in [3.05, 3.63) is 60.2 Å². The summed E-state index contributed by atoms with van der Waals surface area (Å²) >= 11 is 0. The molecule has 1 heterocycles. The first kappa shape index (κ1) is 20.7. The van der Waals surface area contributed by atoms with Crippen molar-refractivity contribution in [2.24, 2.45) is 0 Å². The minimum absolute atomic E-state index is 0.0308. The zero-order chi connectivity index (χ0) is 20.5. The molecule has 3 rings (SSSR count). The van der Waals surface area contributed by atoms with Gasteiger partial charge in [0, 0.05) is 17.4 Å². The lowest BCUT2D eigenvalue weighted by molar-refractivity contribution is -0.117. The molecule has 7 heteroatoms. The molecule has 0 radical (unpaired) electrons. The van der Waals surface area contributed by atoms with Gasteiger partial charge in [0.05, 0.1) is 44.3 Å². The fraction of sp³-hybridized carbons (Fsp3) is 0.273. The van der Waals surface area contributed by atoms with E-state index in [1.807, 2.05) is 54.6 Å². The molecule has 1 aromatic heterocycles. The Labute approximate surface area is 168 Å². The number of Topliss-reactive ketones (excluding diaryl/α,β-unsaturated/α-hetero) is 1. The number of H-pyrrole nitrogens is 1. The van der Waals surface area contributed by atoms with Crippen LogP contribution in [0.1, 0.15) is 10.4 Å². The number of benzene rings is 2. The highest BCUT2D eigenvalue weighted by molar-refractivity contribution is 6.46. The molecule has 152 valence electrons. The number of hydrogen-bond donors (Lipinski definition) is 3. The van der Waals surface area contributed by atoms with Crippen molar-refractivity contribution >= 4 is 22.6 Å². The topological polar surface area (TPSA) is 101 Å². The number of para-hydroxylation sites is 1. The van der Waals surface area contributed by atoms with Gasteiger partial charge in [-0.15, -0.1) is 0 Å². The van der Waals surface area contributed by atoms with E-state index >= 15 is 0 Å². The molecule has 3 N–H and O–H groups in total. The summed E-state index contributed by atoms with van der Waals surface area (Å²) in [6, 6.07) is 16.9. The van der Waals surface area contributed by atoms with E-state index in [0.717, 1.165) is 11.1 Å². The summed E-state index contributed by atoms with van der Waals surface area (Å²) in [5.41, 5.74) is 2.63. The maximum absolute atomic E-state index is 12.9. The monoisotopic (exact) mass is 396 g/mol. The van der Waals surface area contributed by atoms with E-state index in [2.05, 4.69) is 10.3 Å². The van der Waals surface area contributed by atoms with Crippen LogP contribution in [0.15, 0.2) is 54.6 Å². The minimum Gasteiger partial charge on any atom is -0.394 e. The predicted octanol–water partition coefficient (Wildman–Crippen LogP) is 2.16. The number of ketones is 1. The number of aromatic amines is 1. The molecule has 0 aliphatic rings. The van der Waals surface area contributed by atoms with Crippen molar-refractivity contribution in [1.29, 1.82) is 0 Å². The molecule has 0 unspecified atom stereocenters. The van der Waals surface area contributed by atoms with Crippen molar-refractivity contribution in [3.63, 3.8) is 0 Å². The summed E-state index contributed by atoms with van der Waals surface area (Å²) in [5.74, 6) is -1.26. The first-order valence-electron chi connectivity index (χ1n) is 9.47. The summed E-state index contributed by atoms with van der Waals surface area (Å²) < 4.78 is 10.4. The second kappa shape index (κ2) is 10.5. The normalized spacial score (nSPS) is 10.9. The summed E-state index contributed by atoms with van der Waals surface area (Å²) in [5, 5.41) is 11.9. The van der Waals surface area contributed by atoms with Gasteiger partial charge in [0.1, 0.15) is 0 Å². The van der Waals surface area contributed by atoms with Gasteiger partial charge in [-0.05, 0) is 11.6 Å². The Morgan fingerprint density at radius 1 is 0.897 bits per heavy atom. The highest BCUT2D eigenvalue weighted by Gasteiger charge is 2.24. The average Bonchev–Trinajstić information content (AvgIpc) is 3.15. The maximum Gasteiger partial charge on any atom is 0.292 e. The average molecular weight is 396 g/mol. The first-order valence-corrected chi connectivity index (χ1v) is 9.47. The van der Waals surface area contributed by atoms with Gasteiger partial charge in [0.25, 0.3) is 11.7 Å². The van der Waals surface area contributed by atoms with Crippen LogP contribution in [-0.2, 0) is 14.3 Å². The fourth-order valence-corrected chi connectivity index (χ4v) is 3.02. The number of ether oxygens (including phenoxy) is 2. The number of aromatic nitrogens is 1. The molecular formula is C22H24N2O5. The highest BCUT2D eigenvalue weighted by Crippen LogP contribution is 2.30. The van der Waals surface area contributed by atoms with Crippen molar-refractivity contribution < 1.29 is 24.2 Å². The molecule has 29 heavy (non-hydrogen) atoms. The number of aliphatic hydroxyl groups excluding tert-OH is 1. The molecule has 0 atom stereocenters. The fourth-order valence-electron chi connectivity index (χ4n) is 3.02. The van der Waals surface area contributed by atoms with E-state index in [-0.39, 0.29) is 26.4 Å². The standard InChI is InChI=1S/C22H24N2O5/c25-11-13-29-15-14-28-12-10-23-22(27)21(26)19-17-8-4-5-9-18(17)24-20(19)16-6-2-1-3-7-16/h1-9,24-25H,10-15H2,(H,23,27). The van der Waals surface area contributed by atoms with Crippen molar-refractivity contribution in [1.82, 2.24) is 10.3 Å². The van der Waals surface area contributed by atoms with Crippen LogP contribution in [0.3, 0.4) is 0 Å². The quantitative estimate of drug-likeness (QED) is 0.262. The van der Waals surface area contributed by atoms with Gasteiger partial charge in [-0.3, -0.25) is 9.59 Å². The Kier molecular flexibility index (Phi) is 7.52. The predicted molar refractivity (Wildman–Crippen MR) is 110 cm³/mol. The van der Waals surface area contributed by atoms with Crippen LogP contribution < -0.4 is 5.32 Å². The summed E-state index contributed by atoms with van der Waals surface area (Å²) in [6.45, 7) is 1.43. The van der Waals surface area contributed by atoms with Gasteiger partial charge in [-0.1, -0.05) is 48.5 Å². The van der Waals surface area contributed by atoms with Crippen LogP contribution in [0, 0.1) is 0 Å². The lowest BCUT2D eigenvalue weighted by atomic mass is 10.0. The Morgan fingerprint density at radius 2 is 1.59 bits per heavy atom. The molecule has 7 nitrogen and oxygen atoms in total. The van der Waals surface area contributed by atoms with Crippen LogP contribution in [0.4, 0.5) is 0 Å². The Hall–Kier alpha value is -3.00. The highest BCUT2D eigenvalue weighted by atomic mass is 16.5. The third kappa shape index (κ3) is 5.29. The van der Waals surface area contributed by atoms with Gasteiger partial charge >= 0.3 is 0 Å². The number of rotatable bonds is 11. The zero-order valence-electron chi connectivity index (χ0n) is 16.0. The van der Waals surface area contributed by atoms with Crippen LogP contribution in [-0.4, -0.2) is 61.4 Å². The summed E-state index contributed by atoms with van der Waals surface area (Å²) in [7, 11) is 0. The molecule has 0 bridgehead atoms. The Bertz CT molecular complexity index is 952. The van der Waals surface area contributed by atoms with E-state index < -0.39 is 11.7 Å². The van der Waals surface area contributed by atoms with E-state index in [0.29, 0.717) is 29.9 Å². The van der Waals surface area contributed by atoms with Gasteiger partial charge in [0.2, 0.25) is 0 Å².